The molecule has 1 aliphatic heterocycles. The van der Waals surface area contributed by atoms with Crippen LogP contribution in [0.1, 0.15) is 15.9 Å². The maximum Gasteiger partial charge on any atom is 0.325 e. The Morgan fingerprint density at radius 1 is 1.05 bits per heavy atom. The third-order valence-electron chi connectivity index (χ3n) is 5.60. The lowest BCUT2D eigenvalue weighted by Crippen LogP contribution is -2.22. The van der Waals surface area contributed by atoms with E-state index in [0.717, 1.165) is 10.3 Å². The number of carbonyl (C=O) groups is 2. The summed E-state index contributed by atoms with van der Waals surface area (Å²) in [6, 6.07) is 15.9. The predicted octanol–water partition coefficient (Wildman–Crippen LogP) is 3.45. The molecule has 1 aromatic heterocycles. The summed E-state index contributed by atoms with van der Waals surface area (Å²) in [7, 11) is -2.49. The van der Waals surface area contributed by atoms with E-state index in [1.807, 2.05) is 6.92 Å². The summed E-state index contributed by atoms with van der Waals surface area (Å²) >= 11 is 1.22. The molecule has 1 amide bonds. The number of carbonyl (C=O) groups excluding carboxylic acids is 2. The van der Waals surface area contributed by atoms with E-state index in [4.69, 9.17) is 14.2 Å². The predicted molar refractivity (Wildman–Crippen MR) is 136 cm³/mol. The van der Waals surface area contributed by atoms with Gasteiger partial charge in [-0.1, -0.05) is 29.0 Å². The number of methoxy groups -OCH3 is 1. The van der Waals surface area contributed by atoms with Crippen molar-refractivity contribution in [3.05, 3.63) is 76.6 Å². The second-order valence-electron chi connectivity index (χ2n) is 8.13. The zero-order valence-electron chi connectivity index (χ0n) is 19.8. The van der Waals surface area contributed by atoms with Crippen molar-refractivity contribution in [2.24, 2.45) is 4.99 Å². The van der Waals surface area contributed by atoms with Gasteiger partial charge in [0.15, 0.2) is 16.3 Å². The summed E-state index contributed by atoms with van der Waals surface area (Å²) < 4.78 is 45.8. The van der Waals surface area contributed by atoms with E-state index >= 15 is 0 Å². The average molecular weight is 540 g/mol. The Kier molecular flexibility index (Phi) is 6.44. The van der Waals surface area contributed by atoms with Crippen molar-refractivity contribution in [1.29, 1.82) is 0 Å². The van der Waals surface area contributed by atoms with Crippen LogP contribution in [0.4, 0.5) is 5.69 Å². The van der Waals surface area contributed by atoms with Gasteiger partial charge in [0, 0.05) is 23.4 Å². The molecule has 4 aromatic rings. The molecule has 5 rings (SSSR count). The molecule has 37 heavy (non-hydrogen) atoms. The average Bonchev–Trinajstić information content (AvgIpc) is 3.46. The summed E-state index contributed by atoms with van der Waals surface area (Å²) in [6.45, 7) is 1.83. The van der Waals surface area contributed by atoms with Crippen LogP contribution in [0.5, 0.6) is 11.5 Å². The zero-order valence-corrected chi connectivity index (χ0v) is 21.4. The van der Waals surface area contributed by atoms with E-state index in [-0.39, 0.29) is 23.8 Å². The number of rotatable bonds is 6. The van der Waals surface area contributed by atoms with E-state index in [9.17, 15) is 18.0 Å². The van der Waals surface area contributed by atoms with Crippen LogP contribution in [0.3, 0.4) is 0 Å². The maximum atomic E-state index is 13.0. The molecule has 0 saturated heterocycles. The molecular weight excluding hydrogens is 518 g/mol. The van der Waals surface area contributed by atoms with Gasteiger partial charge in [0.2, 0.25) is 6.79 Å². The van der Waals surface area contributed by atoms with E-state index in [1.54, 1.807) is 28.8 Å². The molecule has 0 unspecified atom stereocenters. The van der Waals surface area contributed by atoms with Crippen molar-refractivity contribution in [2.75, 3.05) is 18.6 Å². The highest BCUT2D eigenvalue weighted by molar-refractivity contribution is 7.92. The SMILES string of the molecule is COC(=O)Cn1c(=NC(=O)c2ccc(NS(=O)(=O)c3ccc(C)cc3)cc2)sc2cc3c(cc21)OCO3. The van der Waals surface area contributed by atoms with E-state index in [2.05, 4.69) is 9.71 Å². The highest BCUT2D eigenvalue weighted by Crippen LogP contribution is 2.37. The van der Waals surface area contributed by atoms with Gasteiger partial charge < -0.3 is 18.8 Å². The molecule has 0 bridgehead atoms. The van der Waals surface area contributed by atoms with Crippen molar-refractivity contribution >= 4 is 49.1 Å². The van der Waals surface area contributed by atoms with Gasteiger partial charge in [-0.2, -0.15) is 4.99 Å². The van der Waals surface area contributed by atoms with Gasteiger partial charge in [0.25, 0.3) is 15.9 Å². The molecule has 10 nitrogen and oxygen atoms in total. The number of hydrogen-bond acceptors (Lipinski definition) is 8. The molecule has 0 saturated carbocycles. The first kappa shape index (κ1) is 24.5. The van der Waals surface area contributed by atoms with Crippen LogP contribution in [-0.4, -0.2) is 38.8 Å². The number of thiazole rings is 1. The van der Waals surface area contributed by atoms with Crippen LogP contribution in [0.25, 0.3) is 10.2 Å². The second-order valence-corrected chi connectivity index (χ2v) is 10.8. The molecule has 3 aromatic carbocycles. The molecule has 1 aliphatic rings. The van der Waals surface area contributed by atoms with Crippen molar-refractivity contribution < 1.29 is 32.2 Å². The standard InChI is InChI=1S/C25H21N3O7S2/c1-15-3-9-18(10-4-15)37(31,32)27-17-7-5-16(6-8-17)24(30)26-25-28(13-23(29)33-2)19-11-20-21(35-14-34-20)12-22(19)36-25/h3-12,27H,13-14H2,1-2H3. The summed E-state index contributed by atoms with van der Waals surface area (Å²) in [4.78, 5) is 29.7. The van der Waals surface area contributed by atoms with Gasteiger partial charge in [-0.25, -0.2) is 8.42 Å². The smallest absolute Gasteiger partial charge is 0.325 e. The van der Waals surface area contributed by atoms with Crippen LogP contribution in [0.15, 0.2) is 70.6 Å². The second kappa shape index (κ2) is 9.71. The number of amides is 1. The fourth-order valence-electron chi connectivity index (χ4n) is 3.66. The lowest BCUT2D eigenvalue weighted by molar-refractivity contribution is -0.141. The van der Waals surface area contributed by atoms with Gasteiger partial charge >= 0.3 is 5.97 Å². The fourth-order valence-corrected chi connectivity index (χ4v) is 5.75. The summed E-state index contributed by atoms with van der Waals surface area (Å²) in [5.41, 5.74) is 2.14. The zero-order chi connectivity index (χ0) is 26.2. The monoisotopic (exact) mass is 539 g/mol. The Bertz CT molecular complexity index is 1690. The van der Waals surface area contributed by atoms with Gasteiger partial charge in [-0.3, -0.25) is 14.3 Å². The minimum absolute atomic E-state index is 0.108. The number of hydrogen-bond donors (Lipinski definition) is 1. The normalized spacial score (nSPS) is 13.1. The van der Waals surface area contributed by atoms with E-state index in [0.29, 0.717) is 27.5 Å². The summed E-state index contributed by atoms with van der Waals surface area (Å²) in [6.07, 6.45) is 0. The van der Waals surface area contributed by atoms with Gasteiger partial charge in [0.1, 0.15) is 6.54 Å². The highest BCUT2D eigenvalue weighted by atomic mass is 32.2. The number of ether oxygens (including phenoxy) is 3. The number of aryl methyl sites for hydroxylation is 1. The first-order valence-electron chi connectivity index (χ1n) is 11.0. The molecule has 12 heteroatoms. The van der Waals surface area contributed by atoms with Crippen molar-refractivity contribution in [3.8, 4) is 11.5 Å². The van der Waals surface area contributed by atoms with Crippen LogP contribution in [0.2, 0.25) is 0 Å². The lowest BCUT2D eigenvalue weighted by atomic mass is 10.2. The molecular formula is C25H21N3O7S2. The van der Waals surface area contributed by atoms with Crippen LogP contribution in [0, 0.1) is 6.92 Å². The molecule has 0 fully saturated rings. The molecule has 0 radical (unpaired) electrons. The third kappa shape index (κ3) is 5.06. The number of nitrogens with one attached hydrogen (secondary N) is 1. The molecule has 1 N–H and O–H groups in total. The molecule has 0 spiro atoms. The Hall–Kier alpha value is -4.16. The van der Waals surface area contributed by atoms with Crippen molar-refractivity contribution in [2.45, 2.75) is 18.4 Å². The number of anilines is 1. The Labute approximate surface area is 215 Å². The Morgan fingerprint density at radius 3 is 2.41 bits per heavy atom. The number of sulfonamides is 1. The fraction of sp³-hybridized carbons (Fsp3) is 0.160. The number of esters is 1. The largest absolute Gasteiger partial charge is 0.468 e. The van der Waals surface area contributed by atoms with Crippen LogP contribution >= 0.6 is 11.3 Å². The quantitative estimate of drug-likeness (QED) is 0.372. The molecule has 190 valence electrons. The molecule has 0 atom stereocenters. The molecule has 0 aliphatic carbocycles. The number of fused-ring (bicyclic) bond motifs is 2. The number of aromatic nitrogens is 1. The first-order chi connectivity index (χ1) is 17.7. The number of nitrogens with zero attached hydrogens (tertiary/aromatic N) is 2. The van der Waals surface area contributed by atoms with Gasteiger partial charge in [-0.05, 0) is 43.3 Å². The van der Waals surface area contributed by atoms with E-state index in [1.165, 1.54) is 54.8 Å². The lowest BCUT2D eigenvalue weighted by Gasteiger charge is -2.08. The van der Waals surface area contributed by atoms with Crippen molar-refractivity contribution in [1.82, 2.24) is 4.57 Å². The first-order valence-corrected chi connectivity index (χ1v) is 13.3. The Morgan fingerprint density at radius 2 is 1.73 bits per heavy atom. The minimum atomic E-state index is -3.78. The summed E-state index contributed by atoms with van der Waals surface area (Å²) in [5.74, 6) is 0.0422. The minimum Gasteiger partial charge on any atom is -0.468 e. The van der Waals surface area contributed by atoms with Gasteiger partial charge in [-0.15, -0.1) is 0 Å². The van der Waals surface area contributed by atoms with Crippen molar-refractivity contribution in [3.63, 3.8) is 0 Å². The Balaban J connectivity index is 1.44. The molecule has 2 heterocycles. The van der Waals surface area contributed by atoms with E-state index < -0.39 is 21.9 Å². The van der Waals surface area contributed by atoms with Crippen LogP contribution in [-0.2, 0) is 26.1 Å². The topological polar surface area (TPSA) is 125 Å². The van der Waals surface area contributed by atoms with Gasteiger partial charge in [0.05, 0.1) is 22.2 Å². The third-order valence-corrected chi connectivity index (χ3v) is 8.04. The summed E-state index contributed by atoms with van der Waals surface area (Å²) in [5, 5.41) is 0. The maximum absolute atomic E-state index is 13.0. The highest BCUT2D eigenvalue weighted by Gasteiger charge is 2.20. The number of benzene rings is 3. The van der Waals surface area contributed by atoms with Crippen LogP contribution < -0.4 is 19.0 Å².